The topological polar surface area (TPSA) is 88.3 Å². The third kappa shape index (κ3) is 5.39. The molecule has 3 rings (SSSR count). The zero-order valence-corrected chi connectivity index (χ0v) is 20.7. The fourth-order valence-corrected chi connectivity index (χ4v) is 5.48. The van der Waals surface area contributed by atoms with Gasteiger partial charge in [-0.2, -0.15) is 5.10 Å². The number of aromatic nitrogens is 3. The van der Waals surface area contributed by atoms with Crippen LogP contribution in [0.1, 0.15) is 100 Å². The molecule has 2 aromatic heterocycles. The van der Waals surface area contributed by atoms with Crippen molar-refractivity contribution in [3.8, 4) is 0 Å². The van der Waals surface area contributed by atoms with Crippen LogP contribution in [-0.2, 0) is 10.2 Å². The van der Waals surface area contributed by atoms with Gasteiger partial charge in [0.2, 0.25) is 5.91 Å². The lowest BCUT2D eigenvalue weighted by atomic mass is 9.88. The van der Waals surface area contributed by atoms with Gasteiger partial charge in [0.05, 0.1) is 11.7 Å². The molecule has 0 saturated heterocycles. The minimum atomic E-state index is -0.962. The monoisotopic (exact) mass is 460 g/mol. The van der Waals surface area contributed by atoms with Crippen LogP contribution in [0.2, 0.25) is 0 Å². The molecular formula is C24H36N4O3S. The van der Waals surface area contributed by atoms with E-state index >= 15 is 0 Å². The van der Waals surface area contributed by atoms with E-state index in [-0.39, 0.29) is 34.2 Å². The third-order valence-corrected chi connectivity index (χ3v) is 7.94. The lowest BCUT2D eigenvalue weighted by Crippen LogP contribution is -2.45. The van der Waals surface area contributed by atoms with E-state index < -0.39 is 5.97 Å². The molecule has 2 aromatic rings. The minimum absolute atomic E-state index is 0.00753. The van der Waals surface area contributed by atoms with Crippen LogP contribution in [-0.4, -0.2) is 37.8 Å². The Kier molecular flexibility index (Phi) is 7.75. The molecule has 32 heavy (non-hydrogen) atoms. The molecule has 2 heterocycles. The van der Waals surface area contributed by atoms with Crippen molar-refractivity contribution in [3.63, 3.8) is 0 Å². The van der Waals surface area contributed by atoms with Crippen molar-refractivity contribution in [1.82, 2.24) is 14.8 Å². The number of hydrogen-bond acceptors (Lipinski definition) is 5. The van der Waals surface area contributed by atoms with Crippen molar-refractivity contribution in [3.05, 3.63) is 28.5 Å². The summed E-state index contributed by atoms with van der Waals surface area (Å²) in [5.41, 5.74) is 0.394. The van der Waals surface area contributed by atoms with E-state index in [9.17, 15) is 14.7 Å². The molecule has 8 heteroatoms. The number of carbonyl (C=O) groups is 2. The number of rotatable bonds is 8. The molecule has 0 spiro atoms. The Morgan fingerprint density at radius 3 is 2.50 bits per heavy atom. The molecule has 0 aromatic carbocycles. The summed E-state index contributed by atoms with van der Waals surface area (Å²) in [5, 5.41) is 14.3. The van der Waals surface area contributed by atoms with Crippen LogP contribution >= 0.6 is 11.3 Å². The van der Waals surface area contributed by atoms with Gasteiger partial charge in [-0.25, -0.2) is 14.5 Å². The summed E-state index contributed by atoms with van der Waals surface area (Å²) in [6.07, 6.45) is 9.55. The van der Waals surface area contributed by atoms with E-state index in [2.05, 4.69) is 37.8 Å². The highest BCUT2D eigenvalue weighted by Crippen LogP contribution is 2.41. The maximum Gasteiger partial charge on any atom is 0.348 e. The number of thiophene rings is 1. The lowest BCUT2D eigenvalue weighted by molar-refractivity contribution is -0.122. The Bertz CT molecular complexity index is 908. The summed E-state index contributed by atoms with van der Waals surface area (Å²) < 4.78 is 1.90. The highest BCUT2D eigenvalue weighted by Gasteiger charge is 2.36. The van der Waals surface area contributed by atoms with E-state index in [0.717, 1.165) is 49.8 Å². The molecule has 0 radical (unpaired) electrons. The lowest BCUT2D eigenvalue weighted by Gasteiger charge is -2.38. The van der Waals surface area contributed by atoms with Gasteiger partial charge < -0.3 is 10.0 Å². The standard InChI is InChI=1S/C24H36N4O3S/c1-6-7-8-16(2)22(29)28(18-11-9-17(10-12-18)27-15-25-14-26-27)19-13-20(24(3,4)5)32-21(19)23(30)31/h13-18H,6-12H2,1-5H3,(H,30,31). The minimum Gasteiger partial charge on any atom is -0.477 e. The molecule has 1 aliphatic carbocycles. The van der Waals surface area contributed by atoms with Gasteiger partial charge in [-0.3, -0.25) is 4.79 Å². The van der Waals surface area contributed by atoms with Crippen LogP contribution in [0.15, 0.2) is 18.7 Å². The normalized spacial score (nSPS) is 20.2. The van der Waals surface area contributed by atoms with Crippen LogP contribution in [0, 0.1) is 5.92 Å². The first-order valence-electron chi connectivity index (χ1n) is 11.7. The van der Waals surface area contributed by atoms with Gasteiger partial charge in [-0.05, 0) is 43.6 Å². The molecule has 1 amide bonds. The fourth-order valence-electron chi connectivity index (χ4n) is 4.44. The predicted octanol–water partition coefficient (Wildman–Crippen LogP) is 5.68. The second kappa shape index (κ2) is 10.1. The molecule has 1 atom stereocenters. The number of hydrogen-bond donors (Lipinski definition) is 1. The van der Waals surface area contributed by atoms with Crippen LogP contribution in [0.25, 0.3) is 0 Å². The van der Waals surface area contributed by atoms with E-state index in [1.807, 2.05) is 22.6 Å². The Balaban J connectivity index is 1.94. The highest BCUT2D eigenvalue weighted by molar-refractivity contribution is 7.14. The van der Waals surface area contributed by atoms with Crippen LogP contribution < -0.4 is 4.90 Å². The van der Waals surface area contributed by atoms with Crippen LogP contribution in [0.5, 0.6) is 0 Å². The number of carboxylic acid groups (broad SMARTS) is 1. The van der Waals surface area contributed by atoms with Crippen LogP contribution in [0.3, 0.4) is 0 Å². The zero-order chi connectivity index (χ0) is 23.5. The number of carboxylic acids is 1. The average Bonchev–Trinajstić information content (AvgIpc) is 3.43. The number of nitrogens with zero attached hydrogens (tertiary/aromatic N) is 4. The van der Waals surface area contributed by atoms with Crippen molar-refractivity contribution in [2.45, 2.75) is 97.1 Å². The van der Waals surface area contributed by atoms with Gasteiger partial charge in [-0.1, -0.05) is 47.5 Å². The summed E-state index contributed by atoms with van der Waals surface area (Å²) in [6.45, 7) is 10.3. The number of aromatic carboxylic acids is 1. The second-order valence-corrected chi connectivity index (χ2v) is 11.0. The molecule has 0 bridgehead atoms. The SMILES string of the molecule is CCCCC(C)C(=O)N(c1cc(C(C)(C)C)sc1C(=O)O)C1CCC(n2cncn2)CC1. The van der Waals surface area contributed by atoms with E-state index in [4.69, 9.17) is 0 Å². The molecule has 1 unspecified atom stereocenters. The third-order valence-electron chi connectivity index (χ3n) is 6.40. The smallest absolute Gasteiger partial charge is 0.348 e. The quantitative estimate of drug-likeness (QED) is 0.547. The van der Waals surface area contributed by atoms with Gasteiger partial charge in [0, 0.05) is 16.8 Å². The van der Waals surface area contributed by atoms with Crippen LogP contribution in [0.4, 0.5) is 5.69 Å². The maximum atomic E-state index is 13.7. The van der Waals surface area contributed by atoms with Gasteiger partial charge in [-0.15, -0.1) is 11.3 Å². The molecule has 1 aliphatic rings. The molecule has 1 fully saturated rings. The van der Waals surface area contributed by atoms with E-state index in [1.165, 1.54) is 11.3 Å². The highest BCUT2D eigenvalue weighted by atomic mass is 32.1. The zero-order valence-electron chi connectivity index (χ0n) is 19.9. The van der Waals surface area contributed by atoms with Crippen molar-refractivity contribution in [2.75, 3.05) is 4.90 Å². The molecular weight excluding hydrogens is 424 g/mol. The Morgan fingerprint density at radius 2 is 1.97 bits per heavy atom. The number of amides is 1. The van der Waals surface area contributed by atoms with Crippen molar-refractivity contribution in [2.24, 2.45) is 5.92 Å². The number of unbranched alkanes of at least 4 members (excludes halogenated alkanes) is 1. The van der Waals surface area contributed by atoms with Gasteiger partial charge in [0.25, 0.3) is 0 Å². The molecule has 1 saturated carbocycles. The second-order valence-electron chi connectivity index (χ2n) is 9.97. The maximum absolute atomic E-state index is 13.7. The Morgan fingerprint density at radius 1 is 1.28 bits per heavy atom. The predicted molar refractivity (Wildman–Crippen MR) is 127 cm³/mol. The van der Waals surface area contributed by atoms with Crippen molar-refractivity contribution >= 4 is 28.9 Å². The first-order chi connectivity index (χ1) is 15.1. The first-order valence-corrected chi connectivity index (χ1v) is 12.5. The number of anilines is 1. The summed E-state index contributed by atoms with van der Waals surface area (Å²) in [4.78, 5) is 33.0. The summed E-state index contributed by atoms with van der Waals surface area (Å²) in [5.74, 6) is -1.05. The molecule has 176 valence electrons. The largest absolute Gasteiger partial charge is 0.477 e. The fraction of sp³-hybridized carbons (Fsp3) is 0.667. The van der Waals surface area contributed by atoms with Gasteiger partial charge >= 0.3 is 5.97 Å². The average molecular weight is 461 g/mol. The molecule has 7 nitrogen and oxygen atoms in total. The Hall–Kier alpha value is -2.22. The van der Waals surface area contributed by atoms with Crippen molar-refractivity contribution in [1.29, 1.82) is 0 Å². The molecule has 1 N–H and O–H groups in total. The van der Waals surface area contributed by atoms with Gasteiger partial charge in [0.15, 0.2) is 0 Å². The van der Waals surface area contributed by atoms with E-state index in [1.54, 1.807) is 12.7 Å². The van der Waals surface area contributed by atoms with Crippen molar-refractivity contribution < 1.29 is 14.7 Å². The summed E-state index contributed by atoms with van der Waals surface area (Å²) >= 11 is 1.30. The first kappa shape index (κ1) is 24.4. The van der Waals surface area contributed by atoms with Gasteiger partial charge in [0.1, 0.15) is 17.5 Å². The number of carbonyl (C=O) groups excluding carboxylic acids is 1. The Labute approximate surface area is 194 Å². The van der Waals surface area contributed by atoms with E-state index in [0.29, 0.717) is 5.69 Å². The molecule has 0 aliphatic heterocycles. The summed E-state index contributed by atoms with van der Waals surface area (Å²) in [6, 6.07) is 2.21. The summed E-state index contributed by atoms with van der Waals surface area (Å²) in [7, 11) is 0.